The van der Waals surface area contributed by atoms with Gasteiger partial charge in [-0.1, -0.05) is 11.4 Å². The molecule has 0 amide bonds. The van der Waals surface area contributed by atoms with Crippen LogP contribution in [0, 0.1) is 0 Å². The first-order valence-corrected chi connectivity index (χ1v) is 8.32. The Balaban J connectivity index is 0. The molecule has 0 aromatic heterocycles. The normalized spacial score (nSPS) is 13.6. The van der Waals surface area contributed by atoms with Crippen molar-refractivity contribution in [1.29, 1.82) is 0 Å². The number of nitrogens with two attached hydrogens (primary N) is 1. The summed E-state index contributed by atoms with van der Waals surface area (Å²) in [5, 5.41) is 33.8. The molecule has 1 unspecified atom stereocenters. The minimum Gasteiger partial charge on any atom is -0.481 e. The van der Waals surface area contributed by atoms with Gasteiger partial charge in [0.1, 0.15) is 0 Å². The Morgan fingerprint density at radius 2 is 1.55 bits per heavy atom. The molecule has 0 heterocycles. The van der Waals surface area contributed by atoms with Crippen LogP contribution in [-0.4, -0.2) is 57.3 Å². The first-order chi connectivity index (χ1) is 8.90. The lowest BCUT2D eigenvalue weighted by Crippen LogP contribution is -2.42. The molecule has 0 radical (unpaired) electrons. The fourth-order valence-electron chi connectivity index (χ4n) is 0.789. The molecular formula is C8H16NO9PS. The molecule has 0 aliphatic heterocycles. The molecule has 6 N–H and O–H groups in total. The molecule has 0 bridgehead atoms. The van der Waals surface area contributed by atoms with Crippen molar-refractivity contribution in [2.45, 2.75) is 18.4 Å². The molecule has 0 aliphatic carbocycles. The fourth-order valence-corrected chi connectivity index (χ4v) is 1.38. The van der Waals surface area contributed by atoms with Gasteiger partial charge < -0.3 is 24.9 Å². The summed E-state index contributed by atoms with van der Waals surface area (Å²) in [6.07, 6.45) is -0.645. The number of carbonyl (C=O) groups is 3. The Labute approximate surface area is 118 Å². The van der Waals surface area contributed by atoms with Crippen LogP contribution in [0.2, 0.25) is 0 Å². The number of carboxylic acid groups (broad SMARTS) is 3. The summed E-state index contributed by atoms with van der Waals surface area (Å²) < 4.78 is 14.9. The van der Waals surface area contributed by atoms with Crippen LogP contribution in [0.1, 0.15) is 12.8 Å². The van der Waals surface area contributed by atoms with Crippen molar-refractivity contribution in [2.24, 2.45) is 5.50 Å². The summed E-state index contributed by atoms with van der Waals surface area (Å²) in [5.74, 6) is -5.02. The van der Waals surface area contributed by atoms with E-state index in [1.165, 1.54) is 7.11 Å². The first-order valence-electron chi connectivity index (χ1n) is 4.79. The quantitative estimate of drug-likeness (QED) is 0.389. The SMILES string of the molecule is COP(N)(=O)SC.O=C(O)CC(O)(CC(=O)O)C(=O)O. The lowest BCUT2D eigenvalue weighted by atomic mass is 9.96. The van der Waals surface area contributed by atoms with Gasteiger partial charge in [-0.05, 0) is 6.26 Å². The predicted octanol–water partition coefficient (Wildman–Crippen LogP) is -0.186. The maximum Gasteiger partial charge on any atom is 0.336 e. The van der Waals surface area contributed by atoms with Gasteiger partial charge in [-0.25, -0.2) is 4.79 Å². The van der Waals surface area contributed by atoms with E-state index in [1.807, 2.05) is 0 Å². The van der Waals surface area contributed by atoms with Crippen LogP contribution in [-0.2, 0) is 23.5 Å². The minimum atomic E-state index is -2.74. The molecule has 12 heteroatoms. The zero-order chi connectivity index (χ0) is 16.6. The standard InChI is InChI=1S/C6H8O7.C2H8NO2PS/c7-3(8)1-6(13,5(11)12)2-4(9)10;1-5-6(3,4)7-2/h13H,1-2H2,(H,7,8)(H,9,10)(H,11,12);1-2H3,(H2,3,4). The van der Waals surface area contributed by atoms with Crippen molar-refractivity contribution in [3.8, 4) is 0 Å². The van der Waals surface area contributed by atoms with E-state index in [1.54, 1.807) is 6.26 Å². The highest BCUT2D eigenvalue weighted by molar-refractivity contribution is 8.55. The van der Waals surface area contributed by atoms with Gasteiger partial charge in [-0.15, -0.1) is 0 Å². The first kappa shape index (κ1) is 21.2. The van der Waals surface area contributed by atoms with Crippen molar-refractivity contribution in [2.75, 3.05) is 13.4 Å². The molecule has 0 fully saturated rings. The van der Waals surface area contributed by atoms with E-state index >= 15 is 0 Å². The van der Waals surface area contributed by atoms with Gasteiger partial charge in [-0.2, -0.15) is 0 Å². The Bertz CT molecular complexity index is 389. The average molecular weight is 333 g/mol. The van der Waals surface area contributed by atoms with Crippen molar-refractivity contribution in [3.63, 3.8) is 0 Å². The molecule has 0 aliphatic rings. The van der Waals surface area contributed by atoms with E-state index in [2.05, 4.69) is 4.52 Å². The Morgan fingerprint density at radius 3 is 1.65 bits per heavy atom. The summed E-state index contributed by atoms with van der Waals surface area (Å²) >= 11 is 1.04. The van der Waals surface area contributed by atoms with E-state index in [4.69, 9.17) is 25.9 Å². The highest BCUT2D eigenvalue weighted by Crippen LogP contribution is 2.48. The lowest BCUT2D eigenvalue weighted by Gasteiger charge is -2.18. The number of hydrogen-bond donors (Lipinski definition) is 5. The van der Waals surface area contributed by atoms with Crippen LogP contribution < -0.4 is 5.50 Å². The van der Waals surface area contributed by atoms with Crippen LogP contribution in [0.15, 0.2) is 0 Å². The lowest BCUT2D eigenvalue weighted by molar-refractivity contribution is -0.170. The van der Waals surface area contributed by atoms with Gasteiger partial charge in [0.2, 0.25) is 0 Å². The number of aliphatic hydroxyl groups is 1. The second kappa shape index (κ2) is 8.93. The van der Waals surface area contributed by atoms with Gasteiger partial charge in [-0.3, -0.25) is 19.7 Å². The zero-order valence-electron chi connectivity index (χ0n) is 10.7. The molecule has 0 saturated heterocycles. The maximum absolute atomic E-state index is 10.5. The summed E-state index contributed by atoms with van der Waals surface area (Å²) in [6.45, 7) is -2.74. The third-order valence-corrected chi connectivity index (χ3v) is 4.79. The van der Waals surface area contributed by atoms with E-state index < -0.39 is 43.1 Å². The molecule has 118 valence electrons. The van der Waals surface area contributed by atoms with Crippen LogP contribution in [0.4, 0.5) is 0 Å². The van der Waals surface area contributed by atoms with E-state index in [-0.39, 0.29) is 0 Å². The highest BCUT2D eigenvalue weighted by Gasteiger charge is 2.40. The van der Waals surface area contributed by atoms with E-state index in [0.717, 1.165) is 11.4 Å². The van der Waals surface area contributed by atoms with Gasteiger partial charge in [0.15, 0.2) is 5.60 Å². The van der Waals surface area contributed by atoms with Gasteiger partial charge in [0.25, 0.3) is 0 Å². The third kappa shape index (κ3) is 9.75. The summed E-state index contributed by atoms with van der Waals surface area (Å²) in [5.41, 5.74) is 2.27. The molecule has 0 aromatic carbocycles. The minimum absolute atomic E-state index is 1.04. The molecule has 20 heavy (non-hydrogen) atoms. The molecular weight excluding hydrogens is 317 g/mol. The van der Waals surface area contributed by atoms with Crippen molar-refractivity contribution < 1.29 is 43.9 Å². The summed E-state index contributed by atoms with van der Waals surface area (Å²) in [4.78, 5) is 30.5. The van der Waals surface area contributed by atoms with E-state index in [0.29, 0.717) is 0 Å². The number of hydrogen-bond acceptors (Lipinski definition) is 7. The number of rotatable bonds is 7. The van der Waals surface area contributed by atoms with Crippen LogP contribution in [0.25, 0.3) is 0 Å². The molecule has 10 nitrogen and oxygen atoms in total. The van der Waals surface area contributed by atoms with Crippen molar-refractivity contribution in [3.05, 3.63) is 0 Å². The highest BCUT2D eigenvalue weighted by atomic mass is 32.7. The van der Waals surface area contributed by atoms with Gasteiger partial charge >= 0.3 is 24.6 Å². The monoisotopic (exact) mass is 333 g/mol. The van der Waals surface area contributed by atoms with Crippen LogP contribution in [0.5, 0.6) is 0 Å². The Morgan fingerprint density at radius 1 is 1.20 bits per heavy atom. The molecule has 0 aromatic rings. The topological polar surface area (TPSA) is 184 Å². The molecule has 0 saturated carbocycles. The Kier molecular flexibility index (Phi) is 9.45. The number of carboxylic acids is 3. The van der Waals surface area contributed by atoms with Gasteiger partial charge in [0, 0.05) is 7.11 Å². The summed E-state index contributed by atoms with van der Waals surface area (Å²) in [6, 6.07) is 0. The Hall–Kier alpha value is -1.13. The average Bonchev–Trinajstić information content (AvgIpc) is 2.27. The van der Waals surface area contributed by atoms with Crippen molar-refractivity contribution in [1.82, 2.24) is 0 Å². The van der Waals surface area contributed by atoms with Crippen molar-refractivity contribution >= 4 is 36.0 Å². The number of aliphatic carboxylic acids is 3. The van der Waals surface area contributed by atoms with Crippen LogP contribution in [0.3, 0.4) is 0 Å². The van der Waals surface area contributed by atoms with Crippen LogP contribution >= 0.6 is 18.1 Å². The third-order valence-electron chi connectivity index (χ3n) is 1.79. The molecule has 0 rings (SSSR count). The zero-order valence-corrected chi connectivity index (χ0v) is 12.4. The summed E-state index contributed by atoms with van der Waals surface area (Å²) in [7, 11) is 1.33. The fraction of sp³-hybridized carbons (Fsp3) is 0.625. The molecule has 0 spiro atoms. The smallest absolute Gasteiger partial charge is 0.336 e. The predicted molar refractivity (Wildman–Crippen MR) is 69.4 cm³/mol. The largest absolute Gasteiger partial charge is 0.481 e. The maximum atomic E-state index is 10.5. The second-order valence-corrected chi connectivity index (χ2v) is 7.82. The second-order valence-electron chi connectivity index (χ2n) is 3.38. The van der Waals surface area contributed by atoms with E-state index in [9.17, 15) is 18.9 Å². The van der Waals surface area contributed by atoms with Gasteiger partial charge in [0.05, 0.1) is 12.8 Å². The molecule has 1 atom stereocenters.